The van der Waals surface area contributed by atoms with Gasteiger partial charge in [0.1, 0.15) is 6.54 Å². The number of hydrogen-bond acceptors (Lipinski definition) is 5. The third kappa shape index (κ3) is 4.74. The molecule has 0 unspecified atom stereocenters. The Morgan fingerprint density at radius 1 is 1.17 bits per heavy atom. The molecule has 0 aromatic carbocycles. The molecule has 0 aliphatic heterocycles. The quantitative estimate of drug-likeness (QED) is 0.636. The van der Waals surface area contributed by atoms with Crippen LogP contribution < -0.4 is 10.6 Å². The Balaban J connectivity index is 2.39. The zero-order chi connectivity index (χ0) is 13.5. The van der Waals surface area contributed by atoms with Crippen molar-refractivity contribution in [3.05, 3.63) is 23.0 Å². The average Bonchev–Trinajstić information content (AvgIpc) is 2.34. The summed E-state index contributed by atoms with van der Waals surface area (Å²) in [5.41, 5.74) is 0.00503. The van der Waals surface area contributed by atoms with Crippen molar-refractivity contribution in [1.29, 1.82) is 0 Å². The summed E-state index contributed by atoms with van der Waals surface area (Å²) < 4.78 is 0. The molecule has 8 nitrogen and oxygen atoms in total. The van der Waals surface area contributed by atoms with Gasteiger partial charge >= 0.3 is 5.97 Å². The van der Waals surface area contributed by atoms with Gasteiger partial charge in [0.15, 0.2) is 10.8 Å². The Labute approximate surface area is 106 Å². The SMILES string of the molecule is O=C(O)CNC(=O)CNC(=O)c1ccc(Cl)nn1. The molecule has 0 radical (unpaired) electrons. The minimum absolute atomic E-state index is 0.00503. The number of hydrogen-bond donors (Lipinski definition) is 3. The number of rotatable bonds is 5. The highest BCUT2D eigenvalue weighted by molar-refractivity contribution is 6.29. The Morgan fingerprint density at radius 3 is 2.44 bits per heavy atom. The normalized spacial score (nSPS) is 9.61. The molecular formula is C9H9ClN4O4. The number of aliphatic carboxylic acids is 1. The van der Waals surface area contributed by atoms with Crippen LogP contribution in [0.3, 0.4) is 0 Å². The molecule has 1 aromatic heterocycles. The lowest BCUT2D eigenvalue weighted by Gasteiger charge is -2.04. The standard InChI is InChI=1S/C9H9ClN4O4/c10-6-2-1-5(13-14-6)9(18)12-3-7(15)11-4-8(16)17/h1-2H,3-4H2,(H,11,15)(H,12,18)(H,16,17). The van der Waals surface area contributed by atoms with Crippen molar-refractivity contribution in [2.24, 2.45) is 0 Å². The van der Waals surface area contributed by atoms with Crippen molar-refractivity contribution in [2.45, 2.75) is 0 Å². The summed E-state index contributed by atoms with van der Waals surface area (Å²) in [5, 5.41) is 19.8. The van der Waals surface area contributed by atoms with Gasteiger partial charge in [0.2, 0.25) is 5.91 Å². The zero-order valence-electron chi connectivity index (χ0n) is 9.01. The lowest BCUT2D eigenvalue weighted by molar-refractivity contribution is -0.137. The summed E-state index contributed by atoms with van der Waals surface area (Å²) >= 11 is 5.49. The molecule has 3 N–H and O–H groups in total. The van der Waals surface area contributed by atoms with E-state index in [0.29, 0.717) is 0 Å². The number of nitrogens with one attached hydrogen (secondary N) is 2. The fourth-order valence-electron chi connectivity index (χ4n) is 0.925. The molecule has 0 saturated heterocycles. The Kier molecular flexibility index (Phi) is 5.00. The third-order valence-electron chi connectivity index (χ3n) is 1.71. The first-order valence-electron chi connectivity index (χ1n) is 4.75. The van der Waals surface area contributed by atoms with Crippen molar-refractivity contribution in [2.75, 3.05) is 13.1 Å². The Bertz CT molecular complexity index is 462. The summed E-state index contributed by atoms with van der Waals surface area (Å²) in [6.07, 6.45) is 0. The Morgan fingerprint density at radius 2 is 1.89 bits per heavy atom. The first-order chi connectivity index (χ1) is 8.49. The summed E-state index contributed by atoms with van der Waals surface area (Å²) in [5.74, 6) is -2.39. The van der Waals surface area contributed by atoms with Crippen LogP contribution in [0.4, 0.5) is 0 Å². The zero-order valence-corrected chi connectivity index (χ0v) is 9.77. The minimum Gasteiger partial charge on any atom is -0.480 e. The number of carbonyl (C=O) groups excluding carboxylic acids is 2. The maximum Gasteiger partial charge on any atom is 0.322 e. The van der Waals surface area contributed by atoms with E-state index in [-0.39, 0.29) is 17.4 Å². The van der Waals surface area contributed by atoms with Crippen molar-refractivity contribution in [1.82, 2.24) is 20.8 Å². The highest BCUT2D eigenvalue weighted by Crippen LogP contribution is 2.01. The van der Waals surface area contributed by atoms with Crippen molar-refractivity contribution < 1.29 is 19.5 Å². The third-order valence-corrected chi connectivity index (χ3v) is 1.91. The lowest BCUT2D eigenvalue weighted by atomic mass is 10.3. The molecule has 0 bridgehead atoms. The van der Waals surface area contributed by atoms with Crippen LogP contribution in [0.2, 0.25) is 5.15 Å². The number of carboxylic acid groups (broad SMARTS) is 1. The Hall–Kier alpha value is -2.22. The van der Waals surface area contributed by atoms with E-state index >= 15 is 0 Å². The van der Waals surface area contributed by atoms with E-state index in [1.165, 1.54) is 12.1 Å². The monoisotopic (exact) mass is 272 g/mol. The molecule has 1 heterocycles. The molecule has 1 aromatic rings. The second kappa shape index (κ2) is 6.50. The van der Waals surface area contributed by atoms with Crippen molar-refractivity contribution in [3.63, 3.8) is 0 Å². The molecule has 0 saturated carbocycles. The van der Waals surface area contributed by atoms with E-state index < -0.39 is 24.3 Å². The molecule has 0 spiro atoms. The number of amides is 2. The fraction of sp³-hybridized carbons (Fsp3) is 0.222. The van der Waals surface area contributed by atoms with Gasteiger partial charge in [-0.25, -0.2) is 0 Å². The van der Waals surface area contributed by atoms with Gasteiger partial charge in [0.05, 0.1) is 6.54 Å². The predicted molar refractivity (Wildman–Crippen MR) is 60.0 cm³/mol. The molecule has 1 rings (SSSR count). The van der Waals surface area contributed by atoms with Crippen molar-refractivity contribution in [3.8, 4) is 0 Å². The van der Waals surface area contributed by atoms with Gasteiger partial charge in [-0.2, -0.15) is 0 Å². The van der Waals surface area contributed by atoms with Gasteiger partial charge in [0.25, 0.3) is 5.91 Å². The summed E-state index contributed by atoms with van der Waals surface area (Å²) in [7, 11) is 0. The second-order valence-corrected chi connectivity index (χ2v) is 3.48. The van der Waals surface area contributed by atoms with Crippen LogP contribution >= 0.6 is 11.6 Å². The van der Waals surface area contributed by atoms with Crippen LogP contribution in [0.1, 0.15) is 10.5 Å². The largest absolute Gasteiger partial charge is 0.480 e. The predicted octanol–water partition coefficient (Wildman–Crippen LogP) is -0.939. The molecule has 0 fully saturated rings. The highest BCUT2D eigenvalue weighted by atomic mass is 35.5. The number of carbonyl (C=O) groups is 3. The first-order valence-corrected chi connectivity index (χ1v) is 5.13. The summed E-state index contributed by atoms with van der Waals surface area (Å²) in [4.78, 5) is 32.7. The second-order valence-electron chi connectivity index (χ2n) is 3.09. The minimum atomic E-state index is -1.17. The molecule has 0 aliphatic carbocycles. The maximum absolute atomic E-state index is 11.4. The smallest absolute Gasteiger partial charge is 0.322 e. The van der Waals surface area contributed by atoms with E-state index in [9.17, 15) is 14.4 Å². The van der Waals surface area contributed by atoms with Crippen LogP contribution in [0.15, 0.2) is 12.1 Å². The fourth-order valence-corrected chi connectivity index (χ4v) is 1.03. The van der Waals surface area contributed by atoms with E-state index in [1.54, 1.807) is 0 Å². The molecule has 18 heavy (non-hydrogen) atoms. The molecule has 0 atom stereocenters. The van der Waals surface area contributed by atoms with Crippen molar-refractivity contribution >= 4 is 29.4 Å². The lowest BCUT2D eigenvalue weighted by Crippen LogP contribution is -2.39. The van der Waals surface area contributed by atoms with E-state index in [4.69, 9.17) is 16.7 Å². The molecule has 9 heteroatoms. The molecular weight excluding hydrogens is 264 g/mol. The van der Waals surface area contributed by atoms with Crippen LogP contribution in [-0.4, -0.2) is 46.2 Å². The maximum atomic E-state index is 11.4. The van der Waals surface area contributed by atoms with Gasteiger partial charge in [-0.1, -0.05) is 11.6 Å². The molecule has 0 aliphatic rings. The summed E-state index contributed by atoms with van der Waals surface area (Å²) in [6, 6.07) is 2.73. The topological polar surface area (TPSA) is 121 Å². The number of aromatic nitrogens is 2. The number of carboxylic acids is 1. The van der Waals surface area contributed by atoms with Crippen LogP contribution in [0.5, 0.6) is 0 Å². The van der Waals surface area contributed by atoms with E-state index in [0.717, 1.165) is 0 Å². The molecule has 96 valence electrons. The first kappa shape index (κ1) is 13.8. The summed E-state index contributed by atoms with van der Waals surface area (Å²) in [6.45, 7) is -0.855. The highest BCUT2D eigenvalue weighted by Gasteiger charge is 2.10. The van der Waals surface area contributed by atoms with Gasteiger partial charge in [-0.05, 0) is 12.1 Å². The van der Waals surface area contributed by atoms with Gasteiger partial charge in [-0.15, -0.1) is 10.2 Å². The number of nitrogens with zero attached hydrogens (tertiary/aromatic N) is 2. The van der Waals surface area contributed by atoms with Gasteiger partial charge in [-0.3, -0.25) is 14.4 Å². The van der Waals surface area contributed by atoms with Gasteiger partial charge < -0.3 is 15.7 Å². The van der Waals surface area contributed by atoms with Gasteiger partial charge in [0, 0.05) is 0 Å². The molecule has 2 amide bonds. The van der Waals surface area contributed by atoms with Crippen LogP contribution in [0, 0.1) is 0 Å². The van der Waals surface area contributed by atoms with Crippen LogP contribution in [0.25, 0.3) is 0 Å². The van der Waals surface area contributed by atoms with Crippen LogP contribution in [-0.2, 0) is 9.59 Å². The van der Waals surface area contributed by atoms with E-state index in [2.05, 4.69) is 20.8 Å². The number of halogens is 1. The average molecular weight is 273 g/mol. The van der Waals surface area contributed by atoms with E-state index in [1.807, 2.05) is 0 Å².